The molecule has 0 aliphatic carbocycles. The Balaban J connectivity index is 1.86. The molecule has 1 unspecified atom stereocenters. The topological polar surface area (TPSA) is 69.6 Å². The molecule has 1 amide bonds. The van der Waals surface area contributed by atoms with Gasteiger partial charge in [-0.15, -0.1) is 11.3 Å². The Hall–Kier alpha value is -2.03. The largest absolute Gasteiger partial charge is 0.480 e. The van der Waals surface area contributed by atoms with E-state index in [-0.39, 0.29) is 17.2 Å². The van der Waals surface area contributed by atoms with Crippen molar-refractivity contribution in [1.29, 1.82) is 0 Å². The molecule has 1 aliphatic rings. The maximum Gasteiger partial charge on any atom is 0.327 e. The second-order valence-electron chi connectivity index (χ2n) is 5.35. The molecule has 5 nitrogen and oxygen atoms in total. The zero-order valence-corrected chi connectivity index (χ0v) is 16.0. The van der Waals surface area contributed by atoms with E-state index in [0.717, 1.165) is 19.1 Å². The number of hydrogen-bond donors (Lipinski definition) is 2. The van der Waals surface area contributed by atoms with Crippen molar-refractivity contribution in [3.05, 3.63) is 62.4 Å². The number of aliphatic carboxylic acids is 1. The number of amides is 1. The lowest BCUT2D eigenvalue weighted by molar-refractivity contribution is -0.145. The molecular weight excluding hydrogens is 424 g/mol. The van der Waals surface area contributed by atoms with E-state index in [1.54, 1.807) is 6.08 Å². The van der Waals surface area contributed by atoms with Crippen molar-refractivity contribution < 1.29 is 14.7 Å². The summed E-state index contributed by atoms with van der Waals surface area (Å²) in [6, 6.07) is 11.8. The number of carbonyl (C=O) groups excluding carboxylic acids is 1. The summed E-state index contributed by atoms with van der Waals surface area (Å²) in [6.45, 7) is 0. The second kappa shape index (κ2) is 7.47. The number of rotatable bonds is 5. The third kappa shape index (κ3) is 3.97. The molecule has 2 N–H and O–H groups in total. The fourth-order valence-corrected chi connectivity index (χ4v) is 4.19. The van der Waals surface area contributed by atoms with Crippen LogP contribution in [0.2, 0.25) is 0 Å². The molecule has 0 saturated carbocycles. The SMILES string of the molecule is O=C(O)C(Cc1ccccc1)N1C(=O)C(=Cc2ccc(Br)s2)NC1=S. The van der Waals surface area contributed by atoms with Crippen LogP contribution in [-0.4, -0.2) is 33.0 Å². The second-order valence-corrected chi connectivity index (χ2v) is 8.23. The predicted octanol–water partition coefficient (Wildman–Crippen LogP) is 3.26. The van der Waals surface area contributed by atoms with Crippen molar-refractivity contribution in [2.24, 2.45) is 0 Å². The average Bonchev–Trinajstić information content (AvgIpc) is 3.10. The van der Waals surface area contributed by atoms with E-state index >= 15 is 0 Å². The molecule has 0 bridgehead atoms. The fraction of sp³-hybridized carbons (Fsp3) is 0.118. The number of hydrogen-bond acceptors (Lipinski definition) is 4. The molecule has 1 fully saturated rings. The molecule has 2 heterocycles. The van der Waals surface area contributed by atoms with Crippen LogP contribution in [0.15, 0.2) is 51.9 Å². The number of nitrogens with one attached hydrogen (secondary N) is 1. The van der Waals surface area contributed by atoms with Gasteiger partial charge in [-0.1, -0.05) is 30.3 Å². The quantitative estimate of drug-likeness (QED) is 0.555. The van der Waals surface area contributed by atoms with Crippen LogP contribution in [0, 0.1) is 0 Å². The van der Waals surface area contributed by atoms with Crippen LogP contribution >= 0.6 is 39.5 Å². The minimum atomic E-state index is -1.10. The molecule has 128 valence electrons. The molecule has 1 aromatic carbocycles. The number of carbonyl (C=O) groups is 2. The Kier molecular flexibility index (Phi) is 5.31. The van der Waals surface area contributed by atoms with Crippen molar-refractivity contribution in [3.63, 3.8) is 0 Å². The zero-order valence-electron chi connectivity index (χ0n) is 12.8. The molecule has 2 aromatic rings. The standard InChI is InChI=1S/C17H13BrN2O3S2/c18-14-7-6-11(25-14)9-12-15(21)20(17(24)19-12)13(16(22)23)8-10-4-2-1-3-5-10/h1-7,9,13H,8H2,(H,19,24)(H,22,23). The van der Waals surface area contributed by atoms with Crippen LogP contribution in [0.25, 0.3) is 6.08 Å². The van der Waals surface area contributed by atoms with E-state index in [2.05, 4.69) is 21.2 Å². The zero-order chi connectivity index (χ0) is 18.0. The number of carboxylic acid groups (broad SMARTS) is 1. The minimum absolute atomic E-state index is 0.107. The van der Waals surface area contributed by atoms with Crippen molar-refractivity contribution in [2.45, 2.75) is 12.5 Å². The van der Waals surface area contributed by atoms with Gasteiger partial charge in [0.15, 0.2) is 5.11 Å². The van der Waals surface area contributed by atoms with E-state index in [9.17, 15) is 14.7 Å². The van der Waals surface area contributed by atoms with Crippen molar-refractivity contribution in [1.82, 2.24) is 10.2 Å². The van der Waals surface area contributed by atoms with E-state index in [1.807, 2.05) is 42.5 Å². The van der Waals surface area contributed by atoms with Crippen LogP contribution in [0.5, 0.6) is 0 Å². The maximum absolute atomic E-state index is 12.7. The monoisotopic (exact) mass is 436 g/mol. The summed E-state index contributed by atoms with van der Waals surface area (Å²) in [7, 11) is 0. The maximum atomic E-state index is 12.7. The lowest BCUT2D eigenvalue weighted by Crippen LogP contribution is -2.46. The molecule has 0 radical (unpaired) electrons. The summed E-state index contributed by atoms with van der Waals surface area (Å²) >= 11 is 10.0. The highest BCUT2D eigenvalue weighted by Gasteiger charge is 2.39. The van der Waals surface area contributed by atoms with Gasteiger partial charge in [-0.25, -0.2) is 4.79 Å². The predicted molar refractivity (Wildman–Crippen MR) is 104 cm³/mol. The molecule has 1 saturated heterocycles. The highest BCUT2D eigenvalue weighted by atomic mass is 79.9. The van der Waals surface area contributed by atoms with Gasteiger partial charge >= 0.3 is 5.97 Å². The van der Waals surface area contributed by atoms with Gasteiger partial charge in [0.2, 0.25) is 0 Å². The number of thiophene rings is 1. The van der Waals surface area contributed by atoms with Gasteiger partial charge in [0.25, 0.3) is 5.91 Å². The van der Waals surface area contributed by atoms with E-state index in [0.29, 0.717) is 0 Å². The number of carboxylic acids is 1. The molecule has 25 heavy (non-hydrogen) atoms. The first-order valence-electron chi connectivity index (χ1n) is 7.34. The number of halogens is 1. The van der Waals surface area contributed by atoms with Crippen LogP contribution in [0.1, 0.15) is 10.4 Å². The minimum Gasteiger partial charge on any atom is -0.480 e. The van der Waals surface area contributed by atoms with Gasteiger partial charge in [-0.05, 0) is 51.9 Å². The first-order chi connectivity index (χ1) is 12.0. The molecular formula is C17H13BrN2O3S2. The lowest BCUT2D eigenvalue weighted by Gasteiger charge is -2.22. The normalized spacial score (nSPS) is 17.0. The molecule has 3 rings (SSSR count). The summed E-state index contributed by atoms with van der Waals surface area (Å²) in [5.41, 5.74) is 1.10. The van der Waals surface area contributed by atoms with Gasteiger partial charge < -0.3 is 10.4 Å². The van der Waals surface area contributed by atoms with E-state index in [1.165, 1.54) is 11.3 Å². The first kappa shape index (κ1) is 17.8. The van der Waals surface area contributed by atoms with Crippen molar-refractivity contribution >= 4 is 62.5 Å². The number of benzene rings is 1. The van der Waals surface area contributed by atoms with Crippen LogP contribution < -0.4 is 5.32 Å². The smallest absolute Gasteiger partial charge is 0.327 e. The van der Waals surface area contributed by atoms with Gasteiger partial charge in [-0.3, -0.25) is 9.69 Å². The third-order valence-electron chi connectivity index (χ3n) is 3.66. The summed E-state index contributed by atoms with van der Waals surface area (Å²) in [5, 5.41) is 12.5. The van der Waals surface area contributed by atoms with Crippen LogP contribution in [-0.2, 0) is 16.0 Å². The number of thiocarbonyl (C=S) groups is 1. The van der Waals surface area contributed by atoms with E-state index < -0.39 is 17.9 Å². The Labute approximate surface area is 162 Å². The molecule has 1 atom stereocenters. The van der Waals surface area contributed by atoms with Crippen molar-refractivity contribution in [3.8, 4) is 0 Å². The molecule has 1 aliphatic heterocycles. The molecule has 0 spiro atoms. The number of nitrogens with zero attached hydrogens (tertiary/aromatic N) is 1. The third-order valence-corrected chi connectivity index (χ3v) is 5.53. The Morgan fingerprint density at radius 2 is 2.04 bits per heavy atom. The Morgan fingerprint density at radius 3 is 2.64 bits per heavy atom. The Bertz CT molecular complexity index is 864. The summed E-state index contributed by atoms with van der Waals surface area (Å²) in [5.74, 6) is -1.53. The molecule has 8 heteroatoms. The summed E-state index contributed by atoms with van der Waals surface area (Å²) in [4.78, 5) is 26.4. The average molecular weight is 437 g/mol. The fourth-order valence-electron chi connectivity index (χ4n) is 2.51. The Morgan fingerprint density at radius 1 is 1.32 bits per heavy atom. The summed E-state index contributed by atoms with van der Waals surface area (Å²) < 4.78 is 0.941. The highest BCUT2D eigenvalue weighted by Crippen LogP contribution is 2.26. The van der Waals surface area contributed by atoms with Gasteiger partial charge in [0.1, 0.15) is 11.7 Å². The van der Waals surface area contributed by atoms with Gasteiger partial charge in [0, 0.05) is 11.3 Å². The molecule has 1 aromatic heterocycles. The van der Waals surface area contributed by atoms with Crippen LogP contribution in [0.3, 0.4) is 0 Å². The first-order valence-corrected chi connectivity index (χ1v) is 9.36. The van der Waals surface area contributed by atoms with Gasteiger partial charge in [0.05, 0.1) is 3.79 Å². The van der Waals surface area contributed by atoms with E-state index in [4.69, 9.17) is 12.2 Å². The van der Waals surface area contributed by atoms with Crippen molar-refractivity contribution in [2.75, 3.05) is 0 Å². The lowest BCUT2D eigenvalue weighted by atomic mass is 10.0. The van der Waals surface area contributed by atoms with Gasteiger partial charge in [-0.2, -0.15) is 0 Å². The highest BCUT2D eigenvalue weighted by molar-refractivity contribution is 9.11. The summed E-state index contributed by atoms with van der Waals surface area (Å²) in [6.07, 6.45) is 1.85. The van der Waals surface area contributed by atoms with Crippen LogP contribution in [0.4, 0.5) is 0 Å².